The van der Waals surface area contributed by atoms with E-state index in [9.17, 15) is 24.0 Å². The Kier molecular flexibility index (Phi) is 25.4. The largest absolute Gasteiger partial charge is 0.381 e. The molecule has 2 saturated carbocycles. The van der Waals surface area contributed by atoms with Crippen LogP contribution in [0.5, 0.6) is 0 Å². The van der Waals surface area contributed by atoms with Gasteiger partial charge in [0.2, 0.25) is 18.2 Å². The van der Waals surface area contributed by atoms with Crippen molar-refractivity contribution in [3.05, 3.63) is 24.3 Å². The van der Waals surface area contributed by atoms with Gasteiger partial charge in [-0.1, -0.05) is 92.9 Å². The number of hydrogen-bond acceptors (Lipinski definition) is 8. The Morgan fingerprint density at radius 3 is 2.04 bits per heavy atom. The number of aromatic nitrogens is 2. The lowest BCUT2D eigenvalue weighted by Crippen LogP contribution is -2.57. The van der Waals surface area contributed by atoms with E-state index >= 15 is 0 Å². The van der Waals surface area contributed by atoms with Crippen molar-refractivity contribution in [3.8, 4) is 12.8 Å². The minimum Gasteiger partial charge on any atom is -0.381 e. The summed E-state index contributed by atoms with van der Waals surface area (Å²) in [5, 5.41) is 19.3. The molecule has 1 aliphatic heterocycles. The van der Waals surface area contributed by atoms with Crippen molar-refractivity contribution < 1.29 is 29.1 Å². The SMILES string of the molecule is C#C.C1CCCCC1.CCC.CCC[C@H]1CCN(C(=O)C(NC(=O)CNC(=O)c2cnccn2)C(C)(C)C)C1C.O=CNCC(O)C(=O)NC1CC1. The highest BCUT2D eigenvalue weighted by Gasteiger charge is 2.41. The molecule has 294 valence electrons. The molecule has 1 aromatic heterocycles. The predicted octanol–water partition coefficient (Wildman–Crippen LogP) is 4.15. The molecule has 5 amide bonds. The van der Waals surface area contributed by atoms with Gasteiger partial charge in [-0.25, -0.2) is 4.98 Å². The zero-order valence-electron chi connectivity index (χ0n) is 32.8. The van der Waals surface area contributed by atoms with Gasteiger partial charge in [0, 0.05) is 31.0 Å². The van der Waals surface area contributed by atoms with E-state index in [1.165, 1.54) is 63.5 Å². The third-order valence-corrected chi connectivity index (χ3v) is 8.60. The van der Waals surface area contributed by atoms with Crippen molar-refractivity contribution in [3.63, 3.8) is 0 Å². The number of amides is 5. The van der Waals surface area contributed by atoms with Crippen LogP contribution in [-0.2, 0) is 19.2 Å². The molecular weight excluding hydrogens is 662 g/mol. The summed E-state index contributed by atoms with van der Waals surface area (Å²) in [4.78, 5) is 68.2. The minimum atomic E-state index is -1.13. The summed E-state index contributed by atoms with van der Waals surface area (Å²) in [6.07, 6.45) is 27.0. The predicted molar refractivity (Wildman–Crippen MR) is 205 cm³/mol. The van der Waals surface area contributed by atoms with E-state index in [2.05, 4.69) is 71.8 Å². The van der Waals surface area contributed by atoms with Crippen LogP contribution in [0.15, 0.2) is 18.6 Å². The van der Waals surface area contributed by atoms with Crippen molar-refractivity contribution in [2.75, 3.05) is 19.6 Å². The molecule has 1 saturated heterocycles. The number of terminal acetylenes is 1. The van der Waals surface area contributed by atoms with E-state index in [4.69, 9.17) is 5.11 Å². The van der Waals surface area contributed by atoms with Gasteiger partial charge in [0.15, 0.2) is 0 Å². The maximum atomic E-state index is 13.3. The fourth-order valence-electron chi connectivity index (χ4n) is 5.60. The van der Waals surface area contributed by atoms with Crippen LogP contribution in [0.1, 0.15) is 136 Å². The molecule has 4 atom stereocenters. The second-order valence-electron chi connectivity index (χ2n) is 14.4. The minimum absolute atomic E-state index is 0.0257. The Morgan fingerprint density at radius 1 is 1.00 bits per heavy atom. The van der Waals surface area contributed by atoms with Gasteiger partial charge in [-0.2, -0.15) is 0 Å². The molecular formula is C39H67N7O6. The summed E-state index contributed by atoms with van der Waals surface area (Å²) < 4.78 is 0. The van der Waals surface area contributed by atoms with Gasteiger partial charge >= 0.3 is 0 Å². The first-order valence-corrected chi connectivity index (χ1v) is 18.9. The maximum Gasteiger partial charge on any atom is 0.271 e. The molecule has 1 aromatic rings. The summed E-state index contributed by atoms with van der Waals surface area (Å²) in [5.41, 5.74) is -0.318. The summed E-state index contributed by atoms with van der Waals surface area (Å²) in [7, 11) is 0. The Morgan fingerprint density at radius 2 is 1.58 bits per heavy atom. The van der Waals surface area contributed by atoms with E-state index in [-0.39, 0.29) is 36.8 Å². The van der Waals surface area contributed by atoms with Crippen molar-refractivity contribution in [2.24, 2.45) is 11.3 Å². The van der Waals surface area contributed by atoms with E-state index in [1.54, 1.807) is 0 Å². The molecule has 52 heavy (non-hydrogen) atoms. The molecule has 3 aliphatic rings. The fourth-order valence-corrected chi connectivity index (χ4v) is 5.60. The molecule has 13 nitrogen and oxygen atoms in total. The quantitative estimate of drug-likeness (QED) is 0.157. The first-order valence-electron chi connectivity index (χ1n) is 18.9. The van der Waals surface area contributed by atoms with Crippen molar-refractivity contribution in [2.45, 2.75) is 150 Å². The van der Waals surface area contributed by atoms with Crippen LogP contribution < -0.4 is 21.3 Å². The number of likely N-dealkylation sites (tertiary alicyclic amines) is 1. The fraction of sp³-hybridized carbons (Fsp3) is 0.718. The van der Waals surface area contributed by atoms with Crippen LogP contribution in [0.25, 0.3) is 0 Å². The molecule has 0 spiro atoms. The lowest BCUT2D eigenvalue weighted by atomic mass is 9.85. The number of aliphatic hydroxyl groups excluding tert-OH is 1. The third kappa shape index (κ3) is 20.1. The van der Waals surface area contributed by atoms with Crippen molar-refractivity contribution in [1.82, 2.24) is 36.1 Å². The first kappa shape index (κ1) is 48.0. The van der Waals surface area contributed by atoms with E-state index < -0.39 is 35.3 Å². The standard InChI is InChI=1S/C21H33N5O3.C7H12N2O3.C6H12.C3H8.C2H2/c1-6-7-15-8-11-26(14(15)2)20(29)18(21(3,4)5)25-17(27)13-24-19(28)16-12-22-9-10-23-16;10-4-8-3-6(11)7(12)9-5-1-2-5;1-2-4-6-5-3-1;1-3-2;1-2/h9-10,12,14-15,18H,6-8,11,13H2,1-5H3,(H,24,28)(H,25,27);4-6,11H,1-3H2,(H,8,10)(H,9,12);1-6H2;3H2,1-2H3;1-2H/t14?,15-,18?;;;;/m0..../s1. The Bertz CT molecular complexity index is 1170. The highest BCUT2D eigenvalue weighted by molar-refractivity contribution is 5.95. The molecule has 0 aromatic carbocycles. The summed E-state index contributed by atoms with van der Waals surface area (Å²) >= 11 is 0. The van der Waals surface area contributed by atoms with Crippen LogP contribution in [0.4, 0.5) is 0 Å². The van der Waals surface area contributed by atoms with E-state index in [0.717, 1.165) is 38.6 Å². The van der Waals surface area contributed by atoms with Gasteiger partial charge < -0.3 is 31.3 Å². The maximum absolute atomic E-state index is 13.3. The molecule has 3 fully saturated rings. The average molecular weight is 730 g/mol. The summed E-state index contributed by atoms with van der Waals surface area (Å²) in [6, 6.07) is -0.254. The van der Waals surface area contributed by atoms with Crippen LogP contribution in [0.2, 0.25) is 0 Å². The normalized spacial score (nSPS) is 18.6. The van der Waals surface area contributed by atoms with E-state index in [0.29, 0.717) is 12.3 Å². The highest BCUT2D eigenvalue weighted by Crippen LogP contribution is 2.31. The molecule has 3 unspecified atom stereocenters. The Labute approximate surface area is 312 Å². The van der Waals surface area contributed by atoms with Crippen LogP contribution in [0.3, 0.4) is 0 Å². The summed E-state index contributed by atoms with van der Waals surface area (Å²) in [5.74, 6) is -0.856. The molecule has 0 radical (unpaired) electrons. The average Bonchev–Trinajstić information content (AvgIpc) is 3.90. The second-order valence-corrected chi connectivity index (χ2v) is 14.4. The van der Waals surface area contributed by atoms with Crippen LogP contribution >= 0.6 is 0 Å². The zero-order valence-corrected chi connectivity index (χ0v) is 32.8. The number of carbonyl (C=O) groups is 5. The summed E-state index contributed by atoms with van der Waals surface area (Å²) in [6.45, 7) is 14.7. The van der Waals surface area contributed by atoms with Gasteiger partial charge in [-0.15, -0.1) is 12.8 Å². The third-order valence-electron chi connectivity index (χ3n) is 8.60. The van der Waals surface area contributed by atoms with Gasteiger partial charge in [0.1, 0.15) is 17.8 Å². The molecule has 2 heterocycles. The van der Waals surface area contributed by atoms with Crippen molar-refractivity contribution in [1.29, 1.82) is 0 Å². The lowest BCUT2D eigenvalue weighted by Gasteiger charge is -2.35. The molecule has 0 bridgehead atoms. The van der Waals surface area contributed by atoms with Crippen LogP contribution in [0, 0.1) is 24.2 Å². The van der Waals surface area contributed by atoms with Gasteiger partial charge in [-0.3, -0.25) is 29.0 Å². The molecule has 2 aliphatic carbocycles. The van der Waals surface area contributed by atoms with Gasteiger partial charge in [0.25, 0.3) is 11.8 Å². The van der Waals surface area contributed by atoms with Crippen LogP contribution in [-0.4, -0.2) is 93.9 Å². The molecule has 13 heteroatoms. The Hall–Kier alpha value is -4.05. The smallest absolute Gasteiger partial charge is 0.271 e. The van der Waals surface area contributed by atoms with Crippen molar-refractivity contribution >= 4 is 30.0 Å². The number of nitrogens with one attached hydrogen (secondary N) is 4. The molecule has 4 rings (SSSR count). The van der Waals surface area contributed by atoms with Gasteiger partial charge in [-0.05, 0) is 43.9 Å². The number of aliphatic hydroxyl groups is 1. The topological polar surface area (TPSA) is 183 Å². The number of carbonyl (C=O) groups excluding carboxylic acids is 5. The highest BCUT2D eigenvalue weighted by atomic mass is 16.3. The molecule has 5 N–H and O–H groups in total. The number of rotatable bonds is 12. The second kappa shape index (κ2) is 27.6. The Balaban J connectivity index is 0.000000916. The monoisotopic (exact) mass is 730 g/mol. The van der Waals surface area contributed by atoms with Gasteiger partial charge in [0.05, 0.1) is 19.3 Å². The number of hydrogen-bond donors (Lipinski definition) is 5. The zero-order chi connectivity index (χ0) is 39.5. The lowest BCUT2D eigenvalue weighted by molar-refractivity contribution is -0.140. The van der Waals surface area contributed by atoms with E-state index in [1.807, 2.05) is 25.7 Å². The first-order chi connectivity index (χ1) is 24.8. The number of nitrogens with zero attached hydrogens (tertiary/aromatic N) is 3.